The van der Waals surface area contributed by atoms with Gasteiger partial charge in [-0.3, -0.25) is 4.79 Å². The van der Waals surface area contributed by atoms with Gasteiger partial charge < -0.3 is 13.7 Å². The van der Waals surface area contributed by atoms with Gasteiger partial charge in [-0.1, -0.05) is 47.8 Å². The van der Waals surface area contributed by atoms with E-state index in [4.69, 9.17) is 39.8 Å². The summed E-state index contributed by atoms with van der Waals surface area (Å²) in [5.74, 6) is -0.363. The Morgan fingerprint density at radius 3 is 2.58 bits per heavy atom. The standard InChI is InChI=1S/C22H22Cl3N3O4S/c1-3-13(11-19(29)32-33(2,30)31)15-6-7-16(24)20-21(15)28-10-4-9-27(22(28)26-20)18-8-5-14(23)12-17(18)25/h5-8,12-13H,3-4,9-11H2,1-2H3. The molecular formula is C22H22Cl3N3O4S. The molecule has 3 aromatic rings. The van der Waals surface area contributed by atoms with Crippen LogP contribution in [0, 0.1) is 0 Å². The van der Waals surface area contributed by atoms with Crippen molar-refractivity contribution in [3.05, 3.63) is 51.0 Å². The molecule has 0 spiro atoms. The van der Waals surface area contributed by atoms with Gasteiger partial charge in [-0.25, -0.2) is 4.98 Å². The Labute approximate surface area is 207 Å². The van der Waals surface area contributed by atoms with Crippen LogP contribution >= 0.6 is 34.8 Å². The Hall–Kier alpha value is -2.00. The van der Waals surface area contributed by atoms with Gasteiger partial charge in [0.2, 0.25) is 5.95 Å². The lowest BCUT2D eigenvalue weighted by Crippen LogP contribution is -2.28. The molecular weight excluding hydrogens is 509 g/mol. The summed E-state index contributed by atoms with van der Waals surface area (Å²) in [4.78, 5) is 19.1. The highest BCUT2D eigenvalue weighted by atomic mass is 35.5. The summed E-state index contributed by atoms with van der Waals surface area (Å²) in [6, 6.07) is 8.96. The van der Waals surface area contributed by atoms with E-state index in [2.05, 4.69) is 8.75 Å². The second-order valence-corrected chi connectivity index (χ2v) is 10.8. The number of imidazole rings is 1. The van der Waals surface area contributed by atoms with Crippen molar-refractivity contribution in [2.45, 2.75) is 38.6 Å². The third kappa shape index (κ3) is 4.94. The number of anilines is 2. The first kappa shape index (κ1) is 24.1. The first-order valence-corrected chi connectivity index (χ1v) is 13.4. The van der Waals surface area contributed by atoms with Crippen molar-refractivity contribution < 1.29 is 17.4 Å². The number of aromatic nitrogens is 2. The highest BCUT2D eigenvalue weighted by Gasteiger charge is 2.29. The van der Waals surface area contributed by atoms with Crippen LogP contribution in [0.2, 0.25) is 15.1 Å². The maximum atomic E-state index is 12.2. The number of hydrogen-bond donors (Lipinski definition) is 0. The second kappa shape index (κ2) is 9.33. The smallest absolute Gasteiger partial charge is 0.322 e. The number of fused-ring (bicyclic) bond motifs is 3. The van der Waals surface area contributed by atoms with Crippen LogP contribution in [-0.4, -0.2) is 36.7 Å². The van der Waals surface area contributed by atoms with Gasteiger partial charge in [-0.2, -0.15) is 8.42 Å². The fourth-order valence-electron chi connectivity index (χ4n) is 4.26. The minimum Gasteiger partial charge on any atom is -0.346 e. The Kier molecular flexibility index (Phi) is 6.82. The summed E-state index contributed by atoms with van der Waals surface area (Å²) in [7, 11) is -3.87. The summed E-state index contributed by atoms with van der Waals surface area (Å²) < 4.78 is 29.4. The molecule has 1 aromatic heterocycles. The summed E-state index contributed by atoms with van der Waals surface area (Å²) >= 11 is 19.1. The molecule has 0 aliphatic carbocycles. The molecule has 1 aliphatic rings. The highest BCUT2D eigenvalue weighted by molar-refractivity contribution is 7.86. The first-order chi connectivity index (χ1) is 15.6. The molecule has 0 fully saturated rings. The lowest BCUT2D eigenvalue weighted by atomic mass is 9.92. The molecule has 0 N–H and O–H groups in total. The predicted molar refractivity (Wildman–Crippen MR) is 131 cm³/mol. The van der Waals surface area contributed by atoms with Crippen molar-refractivity contribution in [2.75, 3.05) is 17.7 Å². The van der Waals surface area contributed by atoms with Crippen molar-refractivity contribution in [1.29, 1.82) is 0 Å². The van der Waals surface area contributed by atoms with Gasteiger partial charge in [0.1, 0.15) is 5.52 Å². The van der Waals surface area contributed by atoms with Gasteiger partial charge in [0.15, 0.2) is 0 Å². The maximum Gasteiger partial charge on any atom is 0.322 e. The molecule has 1 atom stereocenters. The van der Waals surface area contributed by atoms with Gasteiger partial charge in [-0.05, 0) is 48.6 Å². The van der Waals surface area contributed by atoms with Crippen LogP contribution in [-0.2, 0) is 25.6 Å². The van der Waals surface area contributed by atoms with Crippen molar-refractivity contribution in [3.63, 3.8) is 0 Å². The number of aryl methyl sites for hydroxylation is 1. The highest BCUT2D eigenvalue weighted by Crippen LogP contribution is 2.41. The minimum absolute atomic E-state index is 0.0759. The van der Waals surface area contributed by atoms with Crippen molar-refractivity contribution >= 4 is 73.6 Å². The average Bonchev–Trinajstić information content (AvgIpc) is 3.12. The van der Waals surface area contributed by atoms with Crippen LogP contribution in [0.25, 0.3) is 11.0 Å². The Morgan fingerprint density at radius 1 is 1.15 bits per heavy atom. The molecule has 2 aromatic carbocycles. The zero-order valence-electron chi connectivity index (χ0n) is 18.0. The van der Waals surface area contributed by atoms with Crippen LogP contribution in [0.1, 0.15) is 37.7 Å². The molecule has 11 heteroatoms. The van der Waals surface area contributed by atoms with E-state index in [0.29, 0.717) is 39.5 Å². The maximum absolute atomic E-state index is 12.2. The van der Waals surface area contributed by atoms with Crippen molar-refractivity contribution in [3.8, 4) is 0 Å². The molecule has 4 rings (SSSR count). The van der Waals surface area contributed by atoms with E-state index in [0.717, 1.165) is 36.0 Å². The van der Waals surface area contributed by atoms with Crippen molar-refractivity contribution in [2.24, 2.45) is 0 Å². The molecule has 1 aliphatic heterocycles. The Bertz CT molecular complexity index is 1340. The van der Waals surface area contributed by atoms with Crippen LogP contribution in [0.3, 0.4) is 0 Å². The number of halogens is 3. The zero-order chi connectivity index (χ0) is 23.9. The van der Waals surface area contributed by atoms with Gasteiger partial charge >= 0.3 is 16.1 Å². The lowest BCUT2D eigenvalue weighted by Gasteiger charge is -2.30. The largest absolute Gasteiger partial charge is 0.346 e. The van der Waals surface area contributed by atoms with Crippen LogP contribution < -0.4 is 4.90 Å². The number of carbonyl (C=O) groups is 1. The Balaban J connectivity index is 1.82. The number of rotatable bonds is 6. The van der Waals surface area contributed by atoms with E-state index in [1.165, 1.54) is 0 Å². The summed E-state index contributed by atoms with van der Waals surface area (Å²) in [6.45, 7) is 3.37. The van der Waals surface area contributed by atoms with Crippen LogP contribution in [0.5, 0.6) is 0 Å². The first-order valence-electron chi connectivity index (χ1n) is 10.4. The van der Waals surface area contributed by atoms with E-state index >= 15 is 0 Å². The molecule has 33 heavy (non-hydrogen) atoms. The monoisotopic (exact) mass is 529 g/mol. The minimum atomic E-state index is -3.87. The summed E-state index contributed by atoms with van der Waals surface area (Å²) in [5, 5.41) is 1.56. The fraction of sp³-hybridized carbons (Fsp3) is 0.364. The normalized spacial score (nSPS) is 14.9. The second-order valence-electron chi connectivity index (χ2n) is 7.97. The summed E-state index contributed by atoms with van der Waals surface area (Å²) in [6.07, 6.45) is 2.23. The quantitative estimate of drug-likeness (QED) is 0.368. The third-order valence-electron chi connectivity index (χ3n) is 5.65. The van der Waals surface area contributed by atoms with E-state index in [1.54, 1.807) is 18.2 Å². The number of hydrogen-bond acceptors (Lipinski definition) is 6. The topological polar surface area (TPSA) is 81.5 Å². The Morgan fingerprint density at radius 2 is 1.91 bits per heavy atom. The lowest BCUT2D eigenvalue weighted by molar-refractivity contribution is -0.134. The van der Waals surface area contributed by atoms with E-state index in [-0.39, 0.29) is 12.3 Å². The molecule has 0 amide bonds. The molecule has 0 radical (unpaired) electrons. The van der Waals surface area contributed by atoms with Gasteiger partial charge in [0.05, 0.1) is 33.9 Å². The molecule has 0 bridgehead atoms. The number of carbonyl (C=O) groups excluding carboxylic acids is 1. The van der Waals surface area contributed by atoms with E-state index < -0.39 is 16.1 Å². The molecule has 0 saturated heterocycles. The van der Waals surface area contributed by atoms with E-state index in [9.17, 15) is 13.2 Å². The SMILES string of the molecule is CCC(CC(=O)OS(C)(=O)=O)c1ccc(Cl)c2nc3n(c12)CCCN3c1ccc(Cl)cc1Cl. The molecule has 2 heterocycles. The average molecular weight is 531 g/mol. The molecule has 0 saturated carbocycles. The van der Waals surface area contributed by atoms with Crippen LogP contribution in [0.15, 0.2) is 30.3 Å². The molecule has 176 valence electrons. The van der Waals surface area contributed by atoms with Crippen molar-refractivity contribution in [1.82, 2.24) is 9.55 Å². The van der Waals surface area contributed by atoms with E-state index in [1.807, 2.05) is 24.0 Å². The number of nitrogens with zero attached hydrogens (tertiary/aromatic N) is 3. The van der Waals surface area contributed by atoms with Gasteiger partial charge in [-0.15, -0.1) is 0 Å². The predicted octanol–water partition coefficient (Wildman–Crippen LogP) is 5.92. The van der Waals surface area contributed by atoms with Crippen LogP contribution in [0.4, 0.5) is 11.6 Å². The molecule has 7 nitrogen and oxygen atoms in total. The zero-order valence-corrected chi connectivity index (χ0v) is 21.1. The number of benzene rings is 2. The summed E-state index contributed by atoms with van der Waals surface area (Å²) in [5.41, 5.74) is 3.10. The molecule has 1 unspecified atom stereocenters. The fourth-order valence-corrected chi connectivity index (χ4v) is 5.37. The van der Waals surface area contributed by atoms with Gasteiger partial charge in [0, 0.05) is 18.1 Å². The third-order valence-corrected chi connectivity index (χ3v) is 6.98. The van der Waals surface area contributed by atoms with Gasteiger partial charge in [0.25, 0.3) is 0 Å².